The Labute approximate surface area is 156 Å². The van der Waals surface area contributed by atoms with Crippen molar-refractivity contribution in [1.29, 1.82) is 0 Å². The first-order chi connectivity index (χ1) is 12.5. The maximum Gasteiger partial charge on any atom is 0.226 e. The van der Waals surface area contributed by atoms with Crippen molar-refractivity contribution in [1.82, 2.24) is 29.3 Å². The zero-order valence-electron chi connectivity index (χ0n) is 15.1. The van der Waals surface area contributed by atoms with Crippen LogP contribution >= 0.6 is 11.6 Å². The van der Waals surface area contributed by atoms with Gasteiger partial charge in [-0.2, -0.15) is 15.3 Å². The minimum absolute atomic E-state index is 0.0907. The molecule has 0 saturated heterocycles. The summed E-state index contributed by atoms with van der Waals surface area (Å²) in [6.45, 7) is 7.71. The summed E-state index contributed by atoms with van der Waals surface area (Å²) in [5.41, 5.74) is 3.38. The summed E-state index contributed by atoms with van der Waals surface area (Å²) in [7, 11) is 0. The van der Waals surface area contributed by atoms with Gasteiger partial charge in [0.2, 0.25) is 5.91 Å². The number of amides is 1. The number of carbonyl (C=O) groups excluding carboxylic acids is 1. The fourth-order valence-electron chi connectivity index (χ4n) is 2.69. The molecule has 3 aromatic rings. The van der Waals surface area contributed by atoms with Crippen molar-refractivity contribution in [3.63, 3.8) is 0 Å². The molecule has 0 saturated carbocycles. The number of hydrogen-bond donors (Lipinski definition) is 1. The molecule has 0 aliphatic rings. The van der Waals surface area contributed by atoms with Gasteiger partial charge in [0.15, 0.2) is 0 Å². The zero-order chi connectivity index (χ0) is 18.7. The second-order valence-corrected chi connectivity index (χ2v) is 6.51. The number of hydrogen-bond acceptors (Lipinski definition) is 4. The minimum atomic E-state index is -0.0907. The number of carbonyl (C=O) groups is 1. The molecule has 3 heterocycles. The molecule has 0 unspecified atom stereocenters. The quantitative estimate of drug-likeness (QED) is 0.688. The first kappa shape index (κ1) is 18.2. The largest absolute Gasteiger partial charge is 0.323 e. The Bertz CT molecular complexity index is 908. The molecule has 0 radical (unpaired) electrons. The van der Waals surface area contributed by atoms with Gasteiger partial charge in [-0.25, -0.2) is 0 Å². The van der Waals surface area contributed by atoms with Crippen molar-refractivity contribution in [2.75, 3.05) is 5.32 Å². The van der Waals surface area contributed by atoms with Crippen molar-refractivity contribution in [2.24, 2.45) is 0 Å². The summed E-state index contributed by atoms with van der Waals surface area (Å²) in [5, 5.41) is 16.4. The standard InChI is InChI=1S/C17H22ClN7O/c1-4-23-9-14(7-19-23)10-24-11-15(8-20-24)21-16(26)5-6-25-13(3)17(18)12(2)22-25/h7-9,11H,4-6,10H2,1-3H3,(H,21,26). The first-order valence-corrected chi connectivity index (χ1v) is 8.87. The molecular weight excluding hydrogens is 354 g/mol. The highest BCUT2D eigenvalue weighted by Gasteiger charge is 2.11. The molecule has 1 amide bonds. The van der Waals surface area contributed by atoms with E-state index in [9.17, 15) is 4.79 Å². The number of halogens is 1. The van der Waals surface area contributed by atoms with Gasteiger partial charge in [0.25, 0.3) is 0 Å². The number of nitrogens with one attached hydrogen (secondary N) is 1. The summed E-state index contributed by atoms with van der Waals surface area (Å²) in [6, 6.07) is 0. The Kier molecular flexibility index (Phi) is 5.41. The van der Waals surface area contributed by atoms with E-state index in [1.54, 1.807) is 21.8 Å². The second-order valence-electron chi connectivity index (χ2n) is 6.14. The summed E-state index contributed by atoms with van der Waals surface area (Å²) >= 11 is 6.12. The van der Waals surface area contributed by atoms with Gasteiger partial charge < -0.3 is 5.32 Å². The Hall–Kier alpha value is -2.61. The summed E-state index contributed by atoms with van der Waals surface area (Å²) in [5.74, 6) is -0.0907. The lowest BCUT2D eigenvalue weighted by atomic mass is 10.3. The first-order valence-electron chi connectivity index (χ1n) is 8.49. The highest BCUT2D eigenvalue weighted by Crippen LogP contribution is 2.19. The summed E-state index contributed by atoms with van der Waals surface area (Å²) in [6.07, 6.45) is 7.57. The second kappa shape index (κ2) is 7.74. The van der Waals surface area contributed by atoms with E-state index < -0.39 is 0 Å². The average molecular weight is 376 g/mol. The van der Waals surface area contributed by atoms with Crippen LogP contribution in [0.5, 0.6) is 0 Å². The predicted molar refractivity (Wildman–Crippen MR) is 99.2 cm³/mol. The van der Waals surface area contributed by atoms with Crippen LogP contribution in [0.15, 0.2) is 24.8 Å². The molecule has 3 rings (SSSR count). The van der Waals surface area contributed by atoms with Crippen molar-refractivity contribution in [3.8, 4) is 0 Å². The number of aromatic nitrogens is 6. The van der Waals surface area contributed by atoms with Crippen LogP contribution in [0.25, 0.3) is 0 Å². The number of anilines is 1. The van der Waals surface area contributed by atoms with Crippen molar-refractivity contribution >= 4 is 23.2 Å². The summed E-state index contributed by atoms with van der Waals surface area (Å²) < 4.78 is 5.40. The molecule has 26 heavy (non-hydrogen) atoms. The van der Waals surface area contributed by atoms with E-state index >= 15 is 0 Å². The fraction of sp³-hybridized carbons (Fsp3) is 0.412. The third-order valence-electron chi connectivity index (χ3n) is 4.12. The number of rotatable bonds is 7. The van der Waals surface area contributed by atoms with Crippen molar-refractivity contribution in [3.05, 3.63) is 46.8 Å². The SMILES string of the molecule is CCn1cc(Cn2cc(NC(=O)CCn3nc(C)c(Cl)c3C)cn2)cn1. The molecule has 138 valence electrons. The van der Waals surface area contributed by atoms with E-state index in [0.29, 0.717) is 30.2 Å². The normalized spacial score (nSPS) is 11.1. The lowest BCUT2D eigenvalue weighted by Crippen LogP contribution is -2.15. The predicted octanol–water partition coefficient (Wildman–Crippen LogP) is 2.64. The highest BCUT2D eigenvalue weighted by atomic mass is 35.5. The lowest BCUT2D eigenvalue weighted by molar-refractivity contribution is -0.116. The zero-order valence-corrected chi connectivity index (χ0v) is 15.9. The van der Waals surface area contributed by atoms with Crippen LogP contribution in [-0.4, -0.2) is 35.2 Å². The van der Waals surface area contributed by atoms with Crippen LogP contribution in [0.2, 0.25) is 5.02 Å². The molecule has 0 aliphatic carbocycles. The Balaban J connectivity index is 1.53. The topological polar surface area (TPSA) is 82.6 Å². The van der Waals surface area contributed by atoms with Gasteiger partial charge in [-0.1, -0.05) is 11.6 Å². The maximum atomic E-state index is 12.2. The van der Waals surface area contributed by atoms with E-state index in [1.165, 1.54) is 0 Å². The van der Waals surface area contributed by atoms with Gasteiger partial charge in [-0.05, 0) is 20.8 Å². The number of nitrogens with zero attached hydrogens (tertiary/aromatic N) is 6. The molecule has 1 N–H and O–H groups in total. The van der Waals surface area contributed by atoms with E-state index in [2.05, 4.69) is 20.6 Å². The number of aryl methyl sites for hydroxylation is 3. The van der Waals surface area contributed by atoms with Crippen LogP contribution in [0, 0.1) is 13.8 Å². The molecule has 0 atom stereocenters. The van der Waals surface area contributed by atoms with Crippen LogP contribution in [0.4, 0.5) is 5.69 Å². The highest BCUT2D eigenvalue weighted by molar-refractivity contribution is 6.31. The van der Waals surface area contributed by atoms with Gasteiger partial charge >= 0.3 is 0 Å². The molecular formula is C17H22ClN7O. The van der Waals surface area contributed by atoms with Crippen LogP contribution in [-0.2, 0) is 24.4 Å². The minimum Gasteiger partial charge on any atom is -0.323 e. The Morgan fingerprint density at radius 1 is 1.19 bits per heavy atom. The molecule has 0 aromatic carbocycles. The molecule has 0 spiro atoms. The molecule has 0 fully saturated rings. The third kappa shape index (κ3) is 4.13. The van der Waals surface area contributed by atoms with E-state index in [0.717, 1.165) is 23.5 Å². The summed E-state index contributed by atoms with van der Waals surface area (Å²) in [4.78, 5) is 12.2. The monoisotopic (exact) mass is 375 g/mol. The third-order valence-corrected chi connectivity index (χ3v) is 4.66. The van der Waals surface area contributed by atoms with Gasteiger partial charge in [0.1, 0.15) is 0 Å². The smallest absolute Gasteiger partial charge is 0.226 e. The molecule has 8 nitrogen and oxygen atoms in total. The molecule has 3 aromatic heterocycles. The van der Waals surface area contributed by atoms with Gasteiger partial charge in [0.05, 0.1) is 47.6 Å². The van der Waals surface area contributed by atoms with Gasteiger partial charge in [-0.15, -0.1) is 0 Å². The van der Waals surface area contributed by atoms with E-state index in [-0.39, 0.29) is 5.91 Å². The Morgan fingerprint density at radius 2 is 1.96 bits per heavy atom. The average Bonchev–Trinajstić information content (AvgIpc) is 3.31. The van der Waals surface area contributed by atoms with Crippen LogP contribution < -0.4 is 5.32 Å². The van der Waals surface area contributed by atoms with Crippen LogP contribution in [0.3, 0.4) is 0 Å². The molecule has 0 bridgehead atoms. The molecule has 0 aliphatic heterocycles. The van der Waals surface area contributed by atoms with E-state index in [4.69, 9.17) is 11.6 Å². The lowest BCUT2D eigenvalue weighted by Gasteiger charge is -2.05. The maximum absolute atomic E-state index is 12.2. The Morgan fingerprint density at radius 3 is 2.62 bits per heavy atom. The van der Waals surface area contributed by atoms with E-state index in [1.807, 2.05) is 37.8 Å². The van der Waals surface area contributed by atoms with Crippen molar-refractivity contribution < 1.29 is 4.79 Å². The molecule has 9 heteroatoms. The van der Waals surface area contributed by atoms with Crippen molar-refractivity contribution in [2.45, 2.75) is 46.8 Å². The van der Waals surface area contributed by atoms with Crippen LogP contribution in [0.1, 0.15) is 30.3 Å². The van der Waals surface area contributed by atoms with Gasteiger partial charge in [0, 0.05) is 30.9 Å². The fourth-order valence-corrected chi connectivity index (χ4v) is 2.82. The van der Waals surface area contributed by atoms with Gasteiger partial charge in [-0.3, -0.25) is 18.8 Å².